The molecule has 2 aromatic carbocycles. The van der Waals surface area contributed by atoms with Gasteiger partial charge in [0.1, 0.15) is 12.6 Å². The minimum Gasteiger partial charge on any atom is -0.444 e. The Morgan fingerprint density at radius 3 is 2.78 bits per heavy atom. The third-order valence-electron chi connectivity index (χ3n) is 5.45. The molecule has 5 heteroatoms. The Balaban J connectivity index is 1.38. The van der Waals surface area contributed by atoms with Gasteiger partial charge in [-0.05, 0) is 62.7 Å². The second-order valence-electron chi connectivity index (χ2n) is 7.26. The SMILES string of the molecule is CC1CCCN1Cc1coc(-c2ccc(-n3cnc4ccccc43)cc2)n1. The minimum absolute atomic E-state index is 0.634. The van der Waals surface area contributed by atoms with Crippen LogP contribution < -0.4 is 0 Å². The molecule has 0 aliphatic carbocycles. The molecule has 1 saturated heterocycles. The fourth-order valence-electron chi connectivity index (χ4n) is 3.88. The van der Waals surface area contributed by atoms with Crippen molar-refractivity contribution >= 4 is 11.0 Å². The second-order valence-corrected chi connectivity index (χ2v) is 7.26. The Morgan fingerprint density at radius 1 is 1.11 bits per heavy atom. The van der Waals surface area contributed by atoms with Gasteiger partial charge in [-0.1, -0.05) is 12.1 Å². The molecule has 0 spiro atoms. The zero-order valence-electron chi connectivity index (χ0n) is 15.4. The van der Waals surface area contributed by atoms with Gasteiger partial charge in [-0.25, -0.2) is 9.97 Å². The summed E-state index contributed by atoms with van der Waals surface area (Å²) in [6.07, 6.45) is 6.20. The maximum absolute atomic E-state index is 5.74. The monoisotopic (exact) mass is 358 g/mol. The Bertz CT molecular complexity index is 1060. The summed E-state index contributed by atoms with van der Waals surface area (Å²) in [6.45, 7) is 4.30. The number of oxazole rings is 1. The molecule has 0 N–H and O–H groups in total. The highest BCUT2D eigenvalue weighted by atomic mass is 16.3. The molecule has 0 saturated carbocycles. The van der Waals surface area contributed by atoms with Crippen LogP contribution in [0, 0.1) is 0 Å². The van der Waals surface area contributed by atoms with E-state index in [0.29, 0.717) is 11.9 Å². The molecule has 3 heterocycles. The molecule has 0 bridgehead atoms. The molecule has 1 fully saturated rings. The number of hydrogen-bond donors (Lipinski definition) is 0. The van der Waals surface area contributed by atoms with E-state index in [1.807, 2.05) is 24.5 Å². The first-order valence-corrected chi connectivity index (χ1v) is 9.49. The van der Waals surface area contributed by atoms with Crippen LogP contribution in [0.5, 0.6) is 0 Å². The van der Waals surface area contributed by atoms with Crippen LogP contribution in [0.3, 0.4) is 0 Å². The average molecular weight is 358 g/mol. The largest absolute Gasteiger partial charge is 0.444 e. The summed E-state index contributed by atoms with van der Waals surface area (Å²) < 4.78 is 7.83. The molecule has 1 unspecified atom stereocenters. The number of nitrogens with zero attached hydrogens (tertiary/aromatic N) is 4. The molecule has 4 aromatic rings. The standard InChI is InChI=1S/C22H22N4O/c1-16-5-4-12-25(16)13-18-14-27-22(24-18)17-8-10-19(11-9-17)26-15-23-20-6-2-3-7-21(20)26/h2-3,6-11,14-16H,4-5,12-13H2,1H3. The van der Waals surface area contributed by atoms with Crippen molar-refractivity contribution in [3.63, 3.8) is 0 Å². The first kappa shape index (κ1) is 16.3. The highest BCUT2D eigenvalue weighted by molar-refractivity contribution is 5.77. The molecular weight excluding hydrogens is 336 g/mol. The first-order chi connectivity index (χ1) is 13.3. The lowest BCUT2D eigenvalue weighted by Crippen LogP contribution is -2.26. The number of para-hydroxylation sites is 2. The topological polar surface area (TPSA) is 47.1 Å². The van der Waals surface area contributed by atoms with Gasteiger partial charge in [0.15, 0.2) is 0 Å². The van der Waals surface area contributed by atoms with Crippen molar-refractivity contribution in [2.24, 2.45) is 0 Å². The third kappa shape index (κ3) is 3.04. The normalized spacial score (nSPS) is 17.7. The van der Waals surface area contributed by atoms with E-state index in [-0.39, 0.29) is 0 Å². The lowest BCUT2D eigenvalue weighted by atomic mass is 10.2. The molecule has 1 aliphatic heterocycles. The molecule has 5 nitrogen and oxygen atoms in total. The number of imidazole rings is 1. The van der Waals surface area contributed by atoms with Crippen LogP contribution in [0.2, 0.25) is 0 Å². The Hall–Kier alpha value is -2.92. The summed E-state index contributed by atoms with van der Waals surface area (Å²) in [5.74, 6) is 0.680. The van der Waals surface area contributed by atoms with E-state index < -0.39 is 0 Å². The van der Waals surface area contributed by atoms with Crippen molar-refractivity contribution in [1.82, 2.24) is 19.4 Å². The van der Waals surface area contributed by atoms with E-state index in [0.717, 1.165) is 41.1 Å². The van der Waals surface area contributed by atoms with Gasteiger partial charge >= 0.3 is 0 Å². The summed E-state index contributed by atoms with van der Waals surface area (Å²) in [7, 11) is 0. The smallest absolute Gasteiger partial charge is 0.226 e. The van der Waals surface area contributed by atoms with Crippen molar-refractivity contribution in [3.05, 3.63) is 66.8 Å². The van der Waals surface area contributed by atoms with Crippen LogP contribution in [0.1, 0.15) is 25.5 Å². The second kappa shape index (κ2) is 6.67. The van der Waals surface area contributed by atoms with Crippen molar-refractivity contribution in [2.75, 3.05) is 6.54 Å². The van der Waals surface area contributed by atoms with Crippen molar-refractivity contribution in [2.45, 2.75) is 32.4 Å². The van der Waals surface area contributed by atoms with Crippen LogP contribution in [-0.4, -0.2) is 32.0 Å². The van der Waals surface area contributed by atoms with E-state index in [4.69, 9.17) is 9.40 Å². The molecular formula is C22H22N4O. The van der Waals surface area contributed by atoms with E-state index in [1.54, 1.807) is 6.26 Å². The number of aromatic nitrogens is 3. The molecule has 0 amide bonds. The summed E-state index contributed by atoms with van der Waals surface area (Å²) in [5, 5.41) is 0. The molecule has 0 radical (unpaired) electrons. The zero-order valence-corrected chi connectivity index (χ0v) is 15.4. The van der Waals surface area contributed by atoms with E-state index in [9.17, 15) is 0 Å². The lowest BCUT2D eigenvalue weighted by molar-refractivity contribution is 0.257. The third-order valence-corrected chi connectivity index (χ3v) is 5.45. The zero-order chi connectivity index (χ0) is 18.2. The first-order valence-electron chi connectivity index (χ1n) is 9.49. The number of hydrogen-bond acceptors (Lipinski definition) is 4. The van der Waals surface area contributed by atoms with E-state index >= 15 is 0 Å². The highest BCUT2D eigenvalue weighted by Crippen LogP contribution is 2.24. The molecule has 1 aliphatic rings. The van der Waals surface area contributed by atoms with Gasteiger partial charge in [-0.3, -0.25) is 9.47 Å². The van der Waals surface area contributed by atoms with Gasteiger partial charge in [0, 0.05) is 23.8 Å². The van der Waals surface area contributed by atoms with Crippen LogP contribution >= 0.6 is 0 Å². The summed E-state index contributed by atoms with van der Waals surface area (Å²) in [5.41, 5.74) is 5.16. The maximum atomic E-state index is 5.74. The average Bonchev–Trinajstić information content (AvgIpc) is 3.43. The summed E-state index contributed by atoms with van der Waals surface area (Å²) in [4.78, 5) is 11.6. The quantitative estimate of drug-likeness (QED) is 0.532. The lowest BCUT2D eigenvalue weighted by Gasteiger charge is -2.18. The van der Waals surface area contributed by atoms with Crippen LogP contribution in [-0.2, 0) is 6.54 Å². The highest BCUT2D eigenvalue weighted by Gasteiger charge is 2.21. The van der Waals surface area contributed by atoms with Gasteiger partial charge in [0.05, 0.1) is 16.7 Å². The number of rotatable bonds is 4. The summed E-state index contributed by atoms with van der Waals surface area (Å²) >= 11 is 0. The van der Waals surface area contributed by atoms with Crippen LogP contribution in [0.25, 0.3) is 28.2 Å². The van der Waals surface area contributed by atoms with Crippen molar-refractivity contribution in [1.29, 1.82) is 0 Å². The van der Waals surface area contributed by atoms with Gasteiger partial charge < -0.3 is 4.42 Å². The van der Waals surface area contributed by atoms with Crippen molar-refractivity contribution < 1.29 is 4.42 Å². The van der Waals surface area contributed by atoms with E-state index in [1.165, 1.54) is 12.8 Å². The molecule has 2 aromatic heterocycles. The molecule has 1 atom stereocenters. The molecule has 5 rings (SSSR count). The number of fused-ring (bicyclic) bond motifs is 1. The number of benzene rings is 2. The van der Waals surface area contributed by atoms with E-state index in [2.05, 4.69) is 51.7 Å². The summed E-state index contributed by atoms with van der Waals surface area (Å²) in [6, 6.07) is 17.0. The van der Waals surface area contributed by atoms with Gasteiger partial charge in [0.2, 0.25) is 5.89 Å². The van der Waals surface area contributed by atoms with Crippen LogP contribution in [0.15, 0.2) is 65.5 Å². The van der Waals surface area contributed by atoms with Gasteiger partial charge in [-0.2, -0.15) is 0 Å². The maximum Gasteiger partial charge on any atom is 0.226 e. The van der Waals surface area contributed by atoms with Crippen LogP contribution in [0.4, 0.5) is 0 Å². The Kier molecular flexibility index (Phi) is 4.02. The Morgan fingerprint density at radius 2 is 1.96 bits per heavy atom. The predicted octanol–water partition coefficient (Wildman–Crippen LogP) is 4.66. The predicted molar refractivity (Wildman–Crippen MR) is 106 cm³/mol. The van der Waals surface area contributed by atoms with Gasteiger partial charge in [-0.15, -0.1) is 0 Å². The van der Waals surface area contributed by atoms with Gasteiger partial charge in [0.25, 0.3) is 0 Å². The molecule has 27 heavy (non-hydrogen) atoms. The fourth-order valence-corrected chi connectivity index (χ4v) is 3.88. The fraction of sp³-hybridized carbons (Fsp3) is 0.273. The minimum atomic E-state index is 0.634. The Labute approximate surface area is 158 Å². The molecule has 136 valence electrons. The number of likely N-dealkylation sites (tertiary alicyclic amines) is 1. The van der Waals surface area contributed by atoms with Crippen molar-refractivity contribution in [3.8, 4) is 17.1 Å².